The third kappa shape index (κ3) is 5.70. The lowest BCUT2D eigenvalue weighted by atomic mass is 10.1. The van der Waals surface area contributed by atoms with Gasteiger partial charge >= 0.3 is 0 Å². The molecule has 4 aromatic rings. The SMILES string of the molecule is Nc1c(/N=N/c2ccc([N+](=O)[O-])cc2)c(S(=O)(=O)O)cc2cc(S(=O)(=O)O)c(/N=N/c3ccccc3)c(O)c12. The van der Waals surface area contributed by atoms with Gasteiger partial charge in [0.15, 0.2) is 5.75 Å². The Bertz CT molecular complexity index is 1890. The number of hydrogen-bond acceptors (Lipinski definition) is 12. The highest BCUT2D eigenvalue weighted by Crippen LogP contribution is 2.48. The summed E-state index contributed by atoms with van der Waals surface area (Å²) < 4.78 is 68.0. The van der Waals surface area contributed by atoms with Gasteiger partial charge < -0.3 is 10.8 Å². The number of aromatic hydroxyl groups is 1. The molecule has 0 aromatic heterocycles. The molecule has 0 aliphatic rings. The van der Waals surface area contributed by atoms with Crippen LogP contribution in [0.25, 0.3) is 10.8 Å². The molecule has 0 bridgehead atoms. The zero-order chi connectivity index (χ0) is 28.5. The Labute approximate surface area is 219 Å². The summed E-state index contributed by atoms with van der Waals surface area (Å²) in [6, 6.07) is 14.2. The number of non-ortho nitro benzene ring substituents is 1. The standard InChI is InChI=1S/C22H16N6O9S2/c23-19-18-12(11-17(39(35,36)37)21(22(18)29)27-24-13-4-2-1-3-5-13)10-16(38(32,33)34)20(19)26-25-14-6-8-15(9-7-14)28(30)31/h1-11,29H,23H2,(H,32,33,34)(H,35,36,37)/b26-25+,27-24+. The van der Waals surface area contributed by atoms with Gasteiger partial charge in [-0.2, -0.15) is 27.1 Å². The lowest BCUT2D eigenvalue weighted by Crippen LogP contribution is -2.03. The Morgan fingerprint density at radius 1 is 0.744 bits per heavy atom. The predicted molar refractivity (Wildman–Crippen MR) is 138 cm³/mol. The fraction of sp³-hybridized carbons (Fsp3) is 0. The first-order chi connectivity index (χ1) is 18.3. The van der Waals surface area contributed by atoms with Crippen molar-refractivity contribution in [1.82, 2.24) is 0 Å². The molecule has 0 aliphatic heterocycles. The Kier molecular flexibility index (Phi) is 7.07. The van der Waals surface area contributed by atoms with Crippen LogP contribution in [0.3, 0.4) is 0 Å². The van der Waals surface area contributed by atoms with Crippen LogP contribution in [0.5, 0.6) is 5.75 Å². The van der Waals surface area contributed by atoms with E-state index in [2.05, 4.69) is 20.5 Å². The normalized spacial score (nSPS) is 12.5. The van der Waals surface area contributed by atoms with Gasteiger partial charge in [-0.05, 0) is 41.8 Å². The molecule has 0 aliphatic carbocycles. The second-order valence-electron chi connectivity index (χ2n) is 7.77. The molecular weight excluding hydrogens is 556 g/mol. The maximum absolute atomic E-state index is 12.1. The average molecular weight is 573 g/mol. The van der Waals surface area contributed by atoms with Crippen LogP contribution < -0.4 is 5.73 Å². The van der Waals surface area contributed by atoms with Gasteiger partial charge in [0.25, 0.3) is 25.9 Å². The lowest BCUT2D eigenvalue weighted by Gasteiger charge is -2.14. The van der Waals surface area contributed by atoms with Crippen molar-refractivity contribution in [3.05, 3.63) is 76.8 Å². The van der Waals surface area contributed by atoms with Gasteiger partial charge in [-0.25, -0.2) is 0 Å². The number of benzene rings is 4. The molecule has 0 unspecified atom stereocenters. The maximum Gasteiger partial charge on any atom is 0.296 e. The van der Waals surface area contributed by atoms with E-state index in [1.165, 1.54) is 24.3 Å². The minimum atomic E-state index is -5.05. The topological polar surface area (TPSA) is 248 Å². The van der Waals surface area contributed by atoms with Crippen LogP contribution in [0.1, 0.15) is 0 Å². The number of nitro benzene ring substituents is 1. The van der Waals surface area contributed by atoms with E-state index < -0.39 is 57.8 Å². The van der Waals surface area contributed by atoms with Crippen molar-refractivity contribution >= 4 is 65.1 Å². The van der Waals surface area contributed by atoms with Crippen molar-refractivity contribution in [2.45, 2.75) is 9.79 Å². The molecule has 0 heterocycles. The van der Waals surface area contributed by atoms with Crippen molar-refractivity contribution in [2.24, 2.45) is 20.5 Å². The second-order valence-corrected chi connectivity index (χ2v) is 10.5. The third-order valence-electron chi connectivity index (χ3n) is 5.22. The number of phenolic OH excluding ortho intramolecular Hbond substituents is 1. The Morgan fingerprint density at radius 2 is 1.23 bits per heavy atom. The molecule has 0 saturated heterocycles. The smallest absolute Gasteiger partial charge is 0.296 e. The molecule has 39 heavy (non-hydrogen) atoms. The fourth-order valence-electron chi connectivity index (χ4n) is 3.46. The fourth-order valence-corrected chi connectivity index (χ4v) is 4.78. The highest BCUT2D eigenvalue weighted by atomic mass is 32.2. The first-order valence-corrected chi connectivity index (χ1v) is 13.4. The number of nitrogens with zero attached hydrogens (tertiary/aromatic N) is 5. The van der Waals surface area contributed by atoms with Crippen LogP contribution in [0.4, 0.5) is 34.1 Å². The zero-order valence-corrected chi connectivity index (χ0v) is 20.9. The number of phenols is 1. The van der Waals surface area contributed by atoms with Crippen LogP contribution in [-0.2, 0) is 20.2 Å². The van der Waals surface area contributed by atoms with Crippen LogP contribution in [-0.4, -0.2) is 36.0 Å². The average Bonchev–Trinajstić information content (AvgIpc) is 2.86. The van der Waals surface area contributed by atoms with Gasteiger partial charge in [0.1, 0.15) is 21.2 Å². The number of nitrogens with two attached hydrogens (primary N) is 1. The summed E-state index contributed by atoms with van der Waals surface area (Å²) in [5.74, 6) is -0.897. The van der Waals surface area contributed by atoms with Crippen LogP contribution >= 0.6 is 0 Å². The second kappa shape index (κ2) is 10.1. The van der Waals surface area contributed by atoms with Gasteiger partial charge in [-0.3, -0.25) is 19.2 Å². The Balaban J connectivity index is 1.99. The van der Waals surface area contributed by atoms with E-state index in [-0.39, 0.29) is 27.8 Å². The summed E-state index contributed by atoms with van der Waals surface area (Å²) in [6.07, 6.45) is 0. The number of nitro groups is 1. The Hall–Kier alpha value is -4.84. The van der Waals surface area contributed by atoms with E-state index in [4.69, 9.17) is 5.73 Å². The van der Waals surface area contributed by atoms with Crippen LogP contribution in [0.15, 0.2) is 97.0 Å². The number of fused-ring (bicyclic) bond motifs is 1. The number of anilines is 1. The van der Waals surface area contributed by atoms with E-state index in [1.54, 1.807) is 18.2 Å². The van der Waals surface area contributed by atoms with Crippen LogP contribution in [0, 0.1) is 10.1 Å². The molecule has 0 atom stereocenters. The van der Waals surface area contributed by atoms with Gasteiger partial charge in [-0.15, -0.1) is 10.2 Å². The molecule has 4 aromatic carbocycles. The van der Waals surface area contributed by atoms with Crippen LogP contribution in [0.2, 0.25) is 0 Å². The summed E-state index contributed by atoms with van der Waals surface area (Å²) in [5, 5.41) is 36.3. The molecular formula is C22H16N6O9S2. The summed E-state index contributed by atoms with van der Waals surface area (Å²) in [5.41, 5.74) is 4.29. The molecule has 4 rings (SSSR count). The van der Waals surface area contributed by atoms with Crippen molar-refractivity contribution in [2.75, 3.05) is 5.73 Å². The molecule has 0 spiro atoms. The molecule has 0 amide bonds. The van der Waals surface area contributed by atoms with Gasteiger partial charge in [0, 0.05) is 12.1 Å². The number of nitrogen functional groups attached to an aromatic ring is 1. The minimum absolute atomic E-state index is 0.0460. The molecule has 5 N–H and O–H groups in total. The van der Waals surface area contributed by atoms with E-state index in [9.17, 15) is 41.2 Å². The van der Waals surface area contributed by atoms with Crippen molar-refractivity contribution < 1.29 is 36.0 Å². The van der Waals surface area contributed by atoms with Crippen molar-refractivity contribution in [3.8, 4) is 5.75 Å². The summed E-state index contributed by atoms with van der Waals surface area (Å²) in [6.45, 7) is 0. The monoisotopic (exact) mass is 572 g/mol. The minimum Gasteiger partial charge on any atom is -0.505 e. The molecule has 15 nitrogen and oxygen atoms in total. The Morgan fingerprint density at radius 3 is 1.74 bits per heavy atom. The molecule has 0 radical (unpaired) electrons. The summed E-state index contributed by atoms with van der Waals surface area (Å²) >= 11 is 0. The number of rotatable bonds is 7. The van der Waals surface area contributed by atoms with Gasteiger partial charge in [0.2, 0.25) is 0 Å². The lowest BCUT2D eigenvalue weighted by molar-refractivity contribution is -0.384. The molecule has 0 fully saturated rings. The number of hydrogen-bond donors (Lipinski definition) is 4. The quantitative estimate of drug-likeness (QED) is 0.0725. The van der Waals surface area contributed by atoms with E-state index >= 15 is 0 Å². The summed E-state index contributed by atoms with van der Waals surface area (Å²) in [7, 11) is -10.1. The van der Waals surface area contributed by atoms with E-state index in [0.29, 0.717) is 0 Å². The highest BCUT2D eigenvalue weighted by Gasteiger charge is 2.28. The first-order valence-electron chi connectivity index (χ1n) is 10.5. The van der Waals surface area contributed by atoms with E-state index in [1.807, 2.05) is 0 Å². The maximum atomic E-state index is 12.1. The molecule has 17 heteroatoms. The predicted octanol–water partition coefficient (Wildman–Crippen LogP) is 5.36. The number of azo groups is 2. The van der Waals surface area contributed by atoms with E-state index in [0.717, 1.165) is 24.3 Å². The highest BCUT2D eigenvalue weighted by molar-refractivity contribution is 7.86. The van der Waals surface area contributed by atoms with Gasteiger partial charge in [-0.1, -0.05) is 18.2 Å². The first kappa shape index (κ1) is 27.2. The summed E-state index contributed by atoms with van der Waals surface area (Å²) in [4.78, 5) is 8.37. The molecule has 200 valence electrons. The largest absolute Gasteiger partial charge is 0.505 e. The van der Waals surface area contributed by atoms with Gasteiger partial charge in [0.05, 0.1) is 27.4 Å². The molecule has 0 saturated carbocycles. The zero-order valence-electron chi connectivity index (χ0n) is 19.3. The van der Waals surface area contributed by atoms with Crippen molar-refractivity contribution in [1.29, 1.82) is 0 Å². The van der Waals surface area contributed by atoms with Crippen molar-refractivity contribution in [3.63, 3.8) is 0 Å². The third-order valence-corrected chi connectivity index (χ3v) is 6.95.